The molecule has 2 fully saturated rings. The Morgan fingerprint density at radius 3 is 2.54 bits per heavy atom. The maximum Gasteiger partial charge on any atom is 0.123 e. The number of piperazine rings is 1. The van der Waals surface area contributed by atoms with Crippen molar-refractivity contribution in [3.8, 4) is 0 Å². The van der Waals surface area contributed by atoms with Crippen LogP contribution in [0.3, 0.4) is 0 Å². The molecule has 0 radical (unpaired) electrons. The molecule has 1 atom stereocenters. The van der Waals surface area contributed by atoms with E-state index in [1.54, 1.807) is 12.1 Å². The molecule has 3 rings (SSSR count). The van der Waals surface area contributed by atoms with E-state index < -0.39 is 0 Å². The Bertz CT molecular complexity index is 569. The van der Waals surface area contributed by atoms with E-state index in [0.29, 0.717) is 12.1 Å². The van der Waals surface area contributed by atoms with Crippen molar-refractivity contribution in [1.82, 2.24) is 14.7 Å². The summed E-state index contributed by atoms with van der Waals surface area (Å²) in [5, 5.41) is 9.51. The van der Waals surface area contributed by atoms with E-state index in [1.807, 2.05) is 0 Å². The Morgan fingerprint density at radius 1 is 1.12 bits per heavy atom. The summed E-state index contributed by atoms with van der Waals surface area (Å²) in [6.45, 7) is 6.69. The van der Waals surface area contributed by atoms with Gasteiger partial charge in [0.25, 0.3) is 0 Å². The highest BCUT2D eigenvalue weighted by molar-refractivity contribution is 5.48. The van der Waals surface area contributed by atoms with E-state index in [2.05, 4.69) is 33.9 Å². The third-order valence-electron chi connectivity index (χ3n) is 5.78. The largest absolute Gasteiger partial charge is 0.396 e. The molecule has 5 heteroatoms. The summed E-state index contributed by atoms with van der Waals surface area (Å²) < 4.78 is 13.0. The molecule has 4 nitrogen and oxygen atoms in total. The topological polar surface area (TPSA) is 30.0 Å². The van der Waals surface area contributed by atoms with Gasteiger partial charge >= 0.3 is 0 Å². The number of hydrogen-bond donors (Lipinski definition) is 1. The molecule has 1 N–H and O–H groups in total. The van der Waals surface area contributed by atoms with Gasteiger partial charge in [-0.2, -0.15) is 0 Å². The van der Waals surface area contributed by atoms with E-state index in [0.717, 1.165) is 38.2 Å². The van der Waals surface area contributed by atoms with Crippen molar-refractivity contribution < 1.29 is 9.50 Å². The van der Waals surface area contributed by atoms with Crippen molar-refractivity contribution in [3.05, 3.63) is 41.7 Å². The molecule has 0 unspecified atom stereocenters. The number of aliphatic hydroxyl groups excluding tert-OH is 1. The molecule has 144 valence electrons. The van der Waals surface area contributed by atoms with Gasteiger partial charge in [-0.15, -0.1) is 0 Å². The lowest BCUT2D eigenvalue weighted by molar-refractivity contribution is 0.0122. The zero-order valence-corrected chi connectivity index (χ0v) is 15.9. The number of hydrogen-bond acceptors (Lipinski definition) is 4. The Morgan fingerprint density at radius 2 is 1.85 bits per heavy atom. The van der Waals surface area contributed by atoms with Gasteiger partial charge in [0.2, 0.25) is 0 Å². The van der Waals surface area contributed by atoms with Crippen LogP contribution in [0.1, 0.15) is 24.8 Å². The van der Waals surface area contributed by atoms with Crippen molar-refractivity contribution >= 4 is 6.08 Å². The van der Waals surface area contributed by atoms with Crippen LogP contribution in [0, 0.1) is 5.82 Å². The van der Waals surface area contributed by atoms with Crippen LogP contribution in [0.5, 0.6) is 0 Å². The van der Waals surface area contributed by atoms with E-state index in [9.17, 15) is 9.50 Å². The van der Waals surface area contributed by atoms with Gasteiger partial charge in [-0.05, 0) is 57.1 Å². The van der Waals surface area contributed by atoms with Gasteiger partial charge in [0.05, 0.1) is 0 Å². The van der Waals surface area contributed by atoms with Crippen LogP contribution in [-0.4, -0.2) is 84.8 Å². The molecule has 0 aliphatic carbocycles. The molecule has 0 bridgehead atoms. The average Bonchev–Trinajstić information content (AvgIpc) is 2.65. The predicted octanol–water partition coefficient (Wildman–Crippen LogP) is 2.30. The fourth-order valence-corrected chi connectivity index (χ4v) is 4.22. The second-order valence-electron chi connectivity index (χ2n) is 7.65. The summed E-state index contributed by atoms with van der Waals surface area (Å²) in [4.78, 5) is 7.53. The van der Waals surface area contributed by atoms with Gasteiger partial charge in [0, 0.05) is 44.9 Å². The molecule has 2 saturated heterocycles. The van der Waals surface area contributed by atoms with Crippen molar-refractivity contribution in [3.63, 3.8) is 0 Å². The third kappa shape index (κ3) is 5.36. The average molecular weight is 362 g/mol. The summed E-state index contributed by atoms with van der Waals surface area (Å²) in [7, 11) is 2.20. The van der Waals surface area contributed by atoms with Crippen molar-refractivity contribution in [2.24, 2.45) is 0 Å². The molecule has 26 heavy (non-hydrogen) atoms. The maximum atomic E-state index is 13.0. The Hall–Kier alpha value is -1.27. The van der Waals surface area contributed by atoms with E-state index in [-0.39, 0.29) is 12.4 Å². The van der Waals surface area contributed by atoms with Crippen molar-refractivity contribution in [1.29, 1.82) is 0 Å². The van der Waals surface area contributed by atoms with E-state index >= 15 is 0 Å². The molecule has 0 spiro atoms. The molecular formula is C21H32FN3O. The van der Waals surface area contributed by atoms with Gasteiger partial charge in [-0.1, -0.05) is 24.3 Å². The molecule has 2 aliphatic heterocycles. The second kappa shape index (κ2) is 9.60. The zero-order chi connectivity index (χ0) is 18.4. The van der Waals surface area contributed by atoms with Crippen molar-refractivity contribution in [2.75, 3.05) is 52.9 Å². The summed E-state index contributed by atoms with van der Waals surface area (Å²) in [5.41, 5.74) is 1.03. The highest BCUT2D eigenvalue weighted by Crippen LogP contribution is 2.23. The Balaban J connectivity index is 1.52. The van der Waals surface area contributed by atoms with Gasteiger partial charge in [0.1, 0.15) is 5.82 Å². The molecule has 1 aromatic rings. The van der Waals surface area contributed by atoms with Crippen LogP contribution in [0.15, 0.2) is 30.3 Å². The standard InChI is InChI=1S/C21H32FN3O/c1-23-12-8-20(9-13-23)25-15-14-24(17-21(25)10-16-26)11-2-3-18-4-6-19(22)7-5-18/h2-7,20-21,26H,8-17H2,1H3/b3-2+/t21-/m1/s1. The summed E-state index contributed by atoms with van der Waals surface area (Å²) >= 11 is 0. The van der Waals surface area contributed by atoms with Crippen LogP contribution in [0.2, 0.25) is 0 Å². The molecule has 2 heterocycles. The molecule has 0 amide bonds. The van der Waals surface area contributed by atoms with Crippen LogP contribution >= 0.6 is 0 Å². The minimum atomic E-state index is -0.195. The molecule has 0 saturated carbocycles. The lowest BCUT2D eigenvalue weighted by Crippen LogP contribution is -2.58. The smallest absolute Gasteiger partial charge is 0.123 e. The highest BCUT2D eigenvalue weighted by atomic mass is 19.1. The molecule has 0 aromatic heterocycles. The van der Waals surface area contributed by atoms with Crippen molar-refractivity contribution in [2.45, 2.75) is 31.3 Å². The third-order valence-corrected chi connectivity index (χ3v) is 5.78. The van der Waals surface area contributed by atoms with Gasteiger partial charge in [0.15, 0.2) is 0 Å². The first kappa shape index (κ1) is 19.5. The first-order valence-corrected chi connectivity index (χ1v) is 9.85. The maximum absolute atomic E-state index is 13.0. The Labute approximate surface area is 156 Å². The van der Waals surface area contributed by atoms with Crippen LogP contribution in [0.25, 0.3) is 6.08 Å². The number of likely N-dealkylation sites (tertiary alicyclic amines) is 1. The zero-order valence-electron chi connectivity index (χ0n) is 15.9. The van der Waals surface area contributed by atoms with Gasteiger partial charge in [-0.3, -0.25) is 9.80 Å². The number of halogens is 1. The van der Waals surface area contributed by atoms with Gasteiger partial charge < -0.3 is 10.0 Å². The number of benzene rings is 1. The fraction of sp³-hybridized carbons (Fsp3) is 0.619. The molecular weight excluding hydrogens is 329 g/mol. The normalized spacial score (nSPS) is 24.5. The lowest BCUT2D eigenvalue weighted by Gasteiger charge is -2.47. The monoisotopic (exact) mass is 361 g/mol. The first-order valence-electron chi connectivity index (χ1n) is 9.85. The first-order chi connectivity index (χ1) is 12.7. The summed E-state index contributed by atoms with van der Waals surface area (Å²) in [6.07, 6.45) is 7.55. The van der Waals surface area contributed by atoms with Gasteiger partial charge in [-0.25, -0.2) is 4.39 Å². The van der Waals surface area contributed by atoms with E-state index in [1.165, 1.54) is 38.1 Å². The highest BCUT2D eigenvalue weighted by Gasteiger charge is 2.32. The number of rotatable bonds is 6. The number of nitrogens with zero attached hydrogens (tertiary/aromatic N) is 3. The van der Waals surface area contributed by atoms with Crippen LogP contribution in [0.4, 0.5) is 4.39 Å². The second-order valence-corrected chi connectivity index (χ2v) is 7.65. The summed E-state index contributed by atoms with van der Waals surface area (Å²) in [5.74, 6) is -0.195. The van der Waals surface area contributed by atoms with Crippen LogP contribution in [-0.2, 0) is 0 Å². The predicted molar refractivity (Wildman–Crippen MR) is 105 cm³/mol. The minimum absolute atomic E-state index is 0.195. The quantitative estimate of drug-likeness (QED) is 0.842. The lowest BCUT2D eigenvalue weighted by atomic mass is 9.98. The number of piperidine rings is 1. The SMILES string of the molecule is CN1CCC(N2CCN(C/C=C/c3ccc(F)cc3)C[C@H]2CCO)CC1. The van der Waals surface area contributed by atoms with E-state index in [4.69, 9.17) is 0 Å². The van der Waals surface area contributed by atoms with Crippen LogP contribution < -0.4 is 0 Å². The fourth-order valence-electron chi connectivity index (χ4n) is 4.22. The molecule has 1 aromatic carbocycles. The number of aliphatic hydroxyl groups is 1. The minimum Gasteiger partial charge on any atom is -0.396 e. The summed E-state index contributed by atoms with van der Waals surface area (Å²) in [6, 6.07) is 7.71. The molecule has 2 aliphatic rings. The Kier molecular flexibility index (Phi) is 7.20.